The van der Waals surface area contributed by atoms with Crippen LogP contribution in [0.15, 0.2) is 48.7 Å². The van der Waals surface area contributed by atoms with Gasteiger partial charge < -0.3 is 15.5 Å². The number of hydrogen-bond acceptors (Lipinski definition) is 4. The minimum Gasteiger partial charge on any atom is -0.469 e. The SMILES string of the molecule is COC(=O)CCCc1ccccc1.NC(=O)c1cc2cc(Cl)ncc2[nH]1. The van der Waals surface area contributed by atoms with Crippen LogP contribution in [0.1, 0.15) is 28.9 Å². The van der Waals surface area contributed by atoms with Crippen molar-refractivity contribution < 1.29 is 14.3 Å². The maximum Gasteiger partial charge on any atom is 0.305 e. The van der Waals surface area contributed by atoms with Gasteiger partial charge in [0.1, 0.15) is 10.8 Å². The zero-order chi connectivity index (χ0) is 18.9. The molecule has 0 atom stereocenters. The number of esters is 1. The molecule has 6 nitrogen and oxygen atoms in total. The number of nitrogens with two attached hydrogens (primary N) is 1. The molecule has 0 aliphatic carbocycles. The highest BCUT2D eigenvalue weighted by atomic mass is 35.5. The number of aromatic amines is 1. The topological polar surface area (TPSA) is 98.1 Å². The number of pyridine rings is 1. The Kier molecular flexibility index (Phi) is 7.17. The Morgan fingerprint density at radius 3 is 2.62 bits per heavy atom. The molecular weight excluding hydrogens is 354 g/mol. The predicted molar refractivity (Wildman–Crippen MR) is 101 cm³/mol. The second kappa shape index (κ2) is 9.58. The van der Waals surface area contributed by atoms with Gasteiger partial charge in [0.15, 0.2) is 0 Å². The first-order valence-corrected chi connectivity index (χ1v) is 8.42. The van der Waals surface area contributed by atoms with Crippen LogP contribution in [-0.4, -0.2) is 29.0 Å². The lowest BCUT2D eigenvalue weighted by atomic mass is 10.1. The third-order valence-electron chi connectivity index (χ3n) is 3.65. The van der Waals surface area contributed by atoms with Gasteiger partial charge in [-0.2, -0.15) is 0 Å². The summed E-state index contributed by atoms with van der Waals surface area (Å²) in [7, 11) is 1.42. The largest absolute Gasteiger partial charge is 0.469 e. The van der Waals surface area contributed by atoms with Crippen LogP contribution in [0.5, 0.6) is 0 Å². The molecule has 3 aromatic rings. The number of carbonyl (C=O) groups excluding carboxylic acids is 2. The molecule has 136 valence electrons. The number of benzene rings is 1. The molecule has 0 saturated carbocycles. The summed E-state index contributed by atoms with van der Waals surface area (Å²) in [5.41, 5.74) is 7.47. The summed E-state index contributed by atoms with van der Waals surface area (Å²) in [6, 6.07) is 13.4. The Labute approximate surface area is 156 Å². The van der Waals surface area contributed by atoms with Crippen molar-refractivity contribution in [2.24, 2.45) is 5.73 Å². The second-order valence-electron chi connectivity index (χ2n) is 5.56. The van der Waals surface area contributed by atoms with E-state index in [2.05, 4.69) is 26.8 Å². The maximum absolute atomic E-state index is 10.8. The highest BCUT2D eigenvalue weighted by Gasteiger charge is 2.05. The molecule has 1 amide bonds. The van der Waals surface area contributed by atoms with E-state index in [0.717, 1.165) is 23.7 Å². The van der Waals surface area contributed by atoms with Gasteiger partial charge in [-0.3, -0.25) is 9.59 Å². The standard InChI is InChI=1S/C11H14O2.C8H6ClN3O/c1-13-11(12)9-5-8-10-6-3-2-4-7-10;9-7-2-4-1-5(8(10)13)12-6(4)3-11-7/h2-4,6-7H,5,8-9H2,1H3;1-3,12H,(H2,10,13). The zero-order valence-corrected chi connectivity index (χ0v) is 15.1. The van der Waals surface area contributed by atoms with Crippen molar-refractivity contribution in [3.8, 4) is 0 Å². The number of carbonyl (C=O) groups is 2. The molecule has 0 saturated heterocycles. The van der Waals surface area contributed by atoms with E-state index in [1.807, 2.05) is 18.2 Å². The van der Waals surface area contributed by atoms with E-state index >= 15 is 0 Å². The molecular formula is C19H20ClN3O3. The molecule has 3 N–H and O–H groups in total. The van der Waals surface area contributed by atoms with E-state index in [1.54, 1.807) is 18.3 Å². The number of primary amides is 1. The van der Waals surface area contributed by atoms with Gasteiger partial charge in [0.25, 0.3) is 5.91 Å². The average molecular weight is 374 g/mol. The number of nitrogens with zero attached hydrogens (tertiary/aromatic N) is 1. The Morgan fingerprint density at radius 1 is 1.23 bits per heavy atom. The van der Waals surface area contributed by atoms with E-state index < -0.39 is 5.91 Å². The first-order chi connectivity index (χ1) is 12.5. The number of ether oxygens (including phenoxy) is 1. The van der Waals surface area contributed by atoms with Crippen molar-refractivity contribution in [1.29, 1.82) is 0 Å². The Bertz CT molecular complexity index is 878. The monoisotopic (exact) mass is 373 g/mol. The van der Waals surface area contributed by atoms with Gasteiger partial charge in [0.05, 0.1) is 18.8 Å². The molecule has 7 heteroatoms. The zero-order valence-electron chi connectivity index (χ0n) is 14.4. The highest BCUT2D eigenvalue weighted by Crippen LogP contribution is 2.17. The van der Waals surface area contributed by atoms with Gasteiger partial charge in [-0.15, -0.1) is 0 Å². The highest BCUT2D eigenvalue weighted by molar-refractivity contribution is 6.30. The number of rotatable bonds is 5. The van der Waals surface area contributed by atoms with E-state index in [9.17, 15) is 9.59 Å². The lowest BCUT2D eigenvalue weighted by Crippen LogP contribution is -2.10. The van der Waals surface area contributed by atoms with Crippen LogP contribution in [-0.2, 0) is 16.0 Å². The molecule has 0 bridgehead atoms. The molecule has 0 aliphatic rings. The van der Waals surface area contributed by atoms with Gasteiger partial charge in [0, 0.05) is 11.8 Å². The Hall–Kier alpha value is -2.86. The average Bonchev–Trinajstić information content (AvgIpc) is 3.06. The van der Waals surface area contributed by atoms with E-state index in [-0.39, 0.29) is 5.97 Å². The molecule has 1 aromatic carbocycles. The van der Waals surface area contributed by atoms with Crippen molar-refractivity contribution in [3.63, 3.8) is 0 Å². The van der Waals surface area contributed by atoms with Crippen LogP contribution >= 0.6 is 11.6 Å². The maximum atomic E-state index is 10.8. The molecule has 0 spiro atoms. The van der Waals surface area contributed by atoms with Crippen LogP contribution in [0.4, 0.5) is 0 Å². The van der Waals surface area contributed by atoms with E-state index in [4.69, 9.17) is 17.3 Å². The van der Waals surface area contributed by atoms with Gasteiger partial charge in [0.2, 0.25) is 0 Å². The number of amides is 1. The lowest BCUT2D eigenvalue weighted by molar-refractivity contribution is -0.140. The van der Waals surface area contributed by atoms with Gasteiger partial charge in [-0.25, -0.2) is 4.98 Å². The summed E-state index contributed by atoms with van der Waals surface area (Å²) >= 11 is 5.67. The minimum absolute atomic E-state index is 0.129. The van der Waals surface area contributed by atoms with Crippen molar-refractivity contribution >= 4 is 34.4 Å². The van der Waals surface area contributed by atoms with E-state index in [1.165, 1.54) is 12.7 Å². The summed E-state index contributed by atoms with van der Waals surface area (Å²) in [4.78, 5) is 28.3. The van der Waals surface area contributed by atoms with Crippen LogP contribution in [0.25, 0.3) is 10.9 Å². The first-order valence-electron chi connectivity index (χ1n) is 8.04. The molecule has 0 fully saturated rings. The molecule has 0 unspecified atom stereocenters. The molecule has 3 rings (SSSR count). The molecule has 0 aliphatic heterocycles. The van der Waals surface area contributed by atoms with Gasteiger partial charge in [-0.1, -0.05) is 41.9 Å². The van der Waals surface area contributed by atoms with Crippen LogP contribution in [0.3, 0.4) is 0 Å². The number of hydrogen-bond donors (Lipinski definition) is 2. The fourth-order valence-corrected chi connectivity index (χ4v) is 2.49. The summed E-state index contributed by atoms with van der Waals surface area (Å²) in [6.07, 6.45) is 3.86. The van der Waals surface area contributed by atoms with Crippen LogP contribution in [0.2, 0.25) is 5.15 Å². The number of fused-ring (bicyclic) bond motifs is 1. The van der Waals surface area contributed by atoms with Gasteiger partial charge in [-0.05, 0) is 30.5 Å². The fraction of sp³-hybridized carbons (Fsp3) is 0.211. The lowest BCUT2D eigenvalue weighted by Gasteiger charge is -1.99. The van der Waals surface area contributed by atoms with Crippen molar-refractivity contribution in [3.05, 3.63) is 65.1 Å². The van der Waals surface area contributed by atoms with Crippen molar-refractivity contribution in [2.75, 3.05) is 7.11 Å². The number of nitrogens with one attached hydrogen (secondary N) is 1. The van der Waals surface area contributed by atoms with Gasteiger partial charge >= 0.3 is 5.97 Å². The predicted octanol–water partition coefficient (Wildman–Crippen LogP) is 3.50. The number of methoxy groups -OCH3 is 1. The number of aromatic nitrogens is 2. The Morgan fingerprint density at radius 2 is 1.96 bits per heavy atom. The summed E-state index contributed by atoms with van der Waals surface area (Å²) < 4.78 is 4.55. The van der Waals surface area contributed by atoms with Crippen molar-refractivity contribution in [2.45, 2.75) is 19.3 Å². The van der Waals surface area contributed by atoms with Crippen molar-refractivity contribution in [1.82, 2.24) is 9.97 Å². The van der Waals surface area contributed by atoms with E-state index in [0.29, 0.717) is 17.3 Å². The number of halogens is 1. The number of aryl methyl sites for hydroxylation is 1. The summed E-state index contributed by atoms with van der Waals surface area (Å²) in [5.74, 6) is -0.622. The normalized spacial score (nSPS) is 10.1. The molecule has 2 heterocycles. The Balaban J connectivity index is 0.000000187. The molecule has 0 radical (unpaired) electrons. The smallest absolute Gasteiger partial charge is 0.305 e. The first kappa shape index (κ1) is 19.5. The molecule has 2 aromatic heterocycles. The second-order valence-corrected chi connectivity index (χ2v) is 5.94. The third-order valence-corrected chi connectivity index (χ3v) is 3.86. The quantitative estimate of drug-likeness (QED) is 0.528. The minimum atomic E-state index is -0.493. The van der Waals surface area contributed by atoms with Crippen LogP contribution < -0.4 is 5.73 Å². The summed E-state index contributed by atoms with van der Waals surface area (Å²) in [5, 5.41) is 1.22. The fourth-order valence-electron chi connectivity index (χ4n) is 2.32. The number of H-pyrrole nitrogens is 1. The van der Waals surface area contributed by atoms with Crippen LogP contribution in [0, 0.1) is 0 Å². The molecule has 26 heavy (non-hydrogen) atoms. The third kappa shape index (κ3) is 5.89. The summed E-state index contributed by atoms with van der Waals surface area (Å²) in [6.45, 7) is 0.